The minimum atomic E-state index is 0.147. The number of aryl methyl sites for hydroxylation is 1. The summed E-state index contributed by atoms with van der Waals surface area (Å²) in [6.45, 7) is 8.07. The van der Waals surface area contributed by atoms with Crippen LogP contribution in [-0.4, -0.2) is 27.9 Å². The molecule has 0 aromatic carbocycles. The smallest absolute Gasteiger partial charge is 0.198 e. The Labute approximate surface area is 103 Å². The zero-order valence-corrected chi connectivity index (χ0v) is 11.1. The number of nitrogens with zero attached hydrogens (tertiary/aromatic N) is 2. The first-order valence-electron chi connectivity index (χ1n) is 6.42. The molecule has 17 heavy (non-hydrogen) atoms. The lowest BCUT2D eigenvalue weighted by Crippen LogP contribution is -2.24. The molecule has 0 unspecified atom stereocenters. The van der Waals surface area contributed by atoms with Crippen LogP contribution in [0.1, 0.15) is 50.7 Å². The van der Waals surface area contributed by atoms with Gasteiger partial charge in [0.2, 0.25) is 0 Å². The average molecular weight is 237 g/mol. The van der Waals surface area contributed by atoms with Crippen LogP contribution >= 0.6 is 0 Å². The third-order valence-electron chi connectivity index (χ3n) is 2.56. The standard InChI is InChI=1S/C13H23N3O/c1-4-9-16-10-8-15-13(16)12(17)6-5-7-14-11(2)3/h8,10-11,14H,4-7,9H2,1-3H3. The number of nitrogens with one attached hydrogen (secondary N) is 1. The predicted octanol–water partition coefficient (Wildman–Crippen LogP) is 2.25. The van der Waals surface area contributed by atoms with Gasteiger partial charge in [0.15, 0.2) is 11.6 Å². The number of carbonyl (C=O) groups excluding carboxylic acids is 1. The third-order valence-corrected chi connectivity index (χ3v) is 2.56. The van der Waals surface area contributed by atoms with E-state index in [0.717, 1.165) is 25.9 Å². The number of ketones is 1. The summed E-state index contributed by atoms with van der Waals surface area (Å²) in [5.74, 6) is 0.755. The first-order valence-corrected chi connectivity index (χ1v) is 6.42. The van der Waals surface area contributed by atoms with Crippen molar-refractivity contribution in [2.75, 3.05) is 6.54 Å². The van der Waals surface area contributed by atoms with Crippen molar-refractivity contribution in [2.45, 2.75) is 52.6 Å². The van der Waals surface area contributed by atoms with Gasteiger partial charge < -0.3 is 9.88 Å². The SMILES string of the molecule is CCCn1ccnc1C(=O)CCCNC(C)C. The lowest BCUT2D eigenvalue weighted by molar-refractivity contribution is 0.0965. The molecule has 0 amide bonds. The van der Waals surface area contributed by atoms with E-state index in [9.17, 15) is 4.79 Å². The van der Waals surface area contributed by atoms with E-state index in [-0.39, 0.29) is 5.78 Å². The van der Waals surface area contributed by atoms with Crippen molar-refractivity contribution in [3.63, 3.8) is 0 Å². The molecule has 1 rings (SSSR count). The topological polar surface area (TPSA) is 46.9 Å². The zero-order chi connectivity index (χ0) is 12.7. The van der Waals surface area contributed by atoms with Crippen LogP contribution in [-0.2, 0) is 6.54 Å². The van der Waals surface area contributed by atoms with Gasteiger partial charge in [-0.1, -0.05) is 20.8 Å². The second-order valence-electron chi connectivity index (χ2n) is 4.58. The van der Waals surface area contributed by atoms with Crippen LogP contribution in [0.25, 0.3) is 0 Å². The second kappa shape index (κ2) is 7.22. The van der Waals surface area contributed by atoms with E-state index in [2.05, 4.69) is 31.1 Å². The Morgan fingerprint density at radius 1 is 1.53 bits per heavy atom. The maximum atomic E-state index is 11.9. The molecule has 4 heteroatoms. The van der Waals surface area contributed by atoms with Crippen molar-refractivity contribution in [3.8, 4) is 0 Å². The van der Waals surface area contributed by atoms with Crippen LogP contribution < -0.4 is 5.32 Å². The first-order chi connectivity index (χ1) is 8.15. The molecule has 96 valence electrons. The van der Waals surface area contributed by atoms with Crippen LogP contribution in [0.4, 0.5) is 0 Å². The van der Waals surface area contributed by atoms with Crippen LogP contribution in [0.5, 0.6) is 0 Å². The predicted molar refractivity (Wildman–Crippen MR) is 69.2 cm³/mol. The number of hydrogen-bond acceptors (Lipinski definition) is 3. The van der Waals surface area contributed by atoms with Gasteiger partial charge in [-0.05, 0) is 19.4 Å². The molecule has 1 aromatic rings. The largest absolute Gasteiger partial charge is 0.329 e. The molecular weight excluding hydrogens is 214 g/mol. The van der Waals surface area contributed by atoms with Gasteiger partial charge >= 0.3 is 0 Å². The van der Waals surface area contributed by atoms with Crippen molar-refractivity contribution >= 4 is 5.78 Å². The summed E-state index contributed by atoms with van der Waals surface area (Å²) in [4.78, 5) is 16.1. The summed E-state index contributed by atoms with van der Waals surface area (Å²) >= 11 is 0. The lowest BCUT2D eigenvalue weighted by Gasteiger charge is -2.08. The maximum Gasteiger partial charge on any atom is 0.198 e. The number of rotatable bonds is 8. The molecule has 0 bridgehead atoms. The number of hydrogen-bond donors (Lipinski definition) is 1. The van der Waals surface area contributed by atoms with Crippen LogP contribution in [0.3, 0.4) is 0 Å². The molecule has 4 nitrogen and oxygen atoms in total. The Kier molecular flexibility index (Phi) is 5.91. The Bertz CT molecular complexity index is 344. The van der Waals surface area contributed by atoms with Crippen molar-refractivity contribution < 1.29 is 4.79 Å². The molecule has 0 fully saturated rings. The first kappa shape index (κ1) is 13.9. The van der Waals surface area contributed by atoms with Gasteiger partial charge in [0.25, 0.3) is 0 Å². The van der Waals surface area contributed by atoms with Gasteiger partial charge in [-0.2, -0.15) is 0 Å². The van der Waals surface area contributed by atoms with Crippen molar-refractivity contribution in [3.05, 3.63) is 18.2 Å². The highest BCUT2D eigenvalue weighted by Crippen LogP contribution is 2.04. The number of carbonyl (C=O) groups is 1. The van der Waals surface area contributed by atoms with E-state index < -0.39 is 0 Å². The van der Waals surface area contributed by atoms with Gasteiger partial charge in [-0.3, -0.25) is 4.79 Å². The normalized spacial score (nSPS) is 11.1. The molecule has 0 aliphatic rings. The summed E-state index contributed by atoms with van der Waals surface area (Å²) in [6, 6.07) is 0.479. The third kappa shape index (κ3) is 4.69. The fourth-order valence-corrected chi connectivity index (χ4v) is 1.73. The quantitative estimate of drug-likeness (QED) is 0.557. The van der Waals surface area contributed by atoms with Crippen LogP contribution in [0.2, 0.25) is 0 Å². The monoisotopic (exact) mass is 237 g/mol. The molecule has 0 spiro atoms. The highest BCUT2D eigenvalue weighted by atomic mass is 16.1. The van der Waals surface area contributed by atoms with E-state index in [1.54, 1.807) is 6.20 Å². The van der Waals surface area contributed by atoms with Gasteiger partial charge in [0, 0.05) is 31.4 Å². The van der Waals surface area contributed by atoms with Crippen molar-refractivity contribution in [1.82, 2.24) is 14.9 Å². The maximum absolute atomic E-state index is 11.9. The Morgan fingerprint density at radius 2 is 2.29 bits per heavy atom. The van der Waals surface area contributed by atoms with E-state index in [1.807, 2.05) is 10.8 Å². The number of aromatic nitrogens is 2. The van der Waals surface area contributed by atoms with E-state index in [4.69, 9.17) is 0 Å². The minimum Gasteiger partial charge on any atom is -0.329 e. The number of imidazole rings is 1. The van der Waals surface area contributed by atoms with Crippen molar-refractivity contribution in [1.29, 1.82) is 0 Å². The van der Waals surface area contributed by atoms with Gasteiger partial charge in [0.1, 0.15) is 0 Å². The lowest BCUT2D eigenvalue weighted by atomic mass is 10.2. The molecule has 1 aromatic heterocycles. The Morgan fingerprint density at radius 3 is 2.94 bits per heavy atom. The summed E-state index contributed by atoms with van der Waals surface area (Å²) in [6.07, 6.45) is 6.04. The fraction of sp³-hybridized carbons (Fsp3) is 0.692. The Balaban J connectivity index is 2.38. The van der Waals surface area contributed by atoms with Gasteiger partial charge in [0.05, 0.1) is 0 Å². The fourth-order valence-electron chi connectivity index (χ4n) is 1.73. The molecule has 0 aliphatic carbocycles. The van der Waals surface area contributed by atoms with Crippen LogP contribution in [0.15, 0.2) is 12.4 Å². The summed E-state index contributed by atoms with van der Waals surface area (Å²) < 4.78 is 1.94. The van der Waals surface area contributed by atoms with Crippen molar-refractivity contribution in [2.24, 2.45) is 0 Å². The average Bonchev–Trinajstić information content (AvgIpc) is 2.72. The van der Waals surface area contributed by atoms with Gasteiger partial charge in [-0.25, -0.2) is 4.98 Å². The number of Topliss-reactive ketones (excluding diaryl/α,β-unsaturated/α-hetero) is 1. The summed E-state index contributed by atoms with van der Waals surface area (Å²) in [5.41, 5.74) is 0. The highest BCUT2D eigenvalue weighted by Gasteiger charge is 2.11. The molecule has 1 N–H and O–H groups in total. The Hall–Kier alpha value is -1.16. The van der Waals surface area contributed by atoms with Crippen LogP contribution in [0, 0.1) is 0 Å². The zero-order valence-electron chi connectivity index (χ0n) is 11.1. The van der Waals surface area contributed by atoms with E-state index in [1.165, 1.54) is 0 Å². The molecule has 1 heterocycles. The molecule has 0 radical (unpaired) electrons. The molecule has 0 atom stereocenters. The van der Waals surface area contributed by atoms with E-state index in [0.29, 0.717) is 18.3 Å². The molecule has 0 saturated heterocycles. The molecular formula is C13H23N3O. The molecule has 0 aliphatic heterocycles. The summed E-state index contributed by atoms with van der Waals surface area (Å²) in [5, 5.41) is 3.31. The van der Waals surface area contributed by atoms with E-state index >= 15 is 0 Å². The molecule has 0 saturated carbocycles. The second-order valence-corrected chi connectivity index (χ2v) is 4.58. The highest BCUT2D eigenvalue weighted by molar-refractivity contribution is 5.92. The minimum absolute atomic E-state index is 0.147. The van der Waals surface area contributed by atoms with Gasteiger partial charge in [-0.15, -0.1) is 0 Å². The summed E-state index contributed by atoms with van der Waals surface area (Å²) in [7, 11) is 0.